The van der Waals surface area contributed by atoms with Gasteiger partial charge >= 0.3 is 21.3 Å². The van der Waals surface area contributed by atoms with E-state index in [4.69, 9.17) is 14.0 Å². The van der Waals surface area contributed by atoms with Crippen LogP contribution in [0.5, 0.6) is 0 Å². The third kappa shape index (κ3) is 4.78. The van der Waals surface area contributed by atoms with E-state index in [1.165, 1.54) is 0 Å². The Hall–Kier alpha value is -1.10. The first-order chi connectivity index (χ1) is 9.13. The number of hydrogen-bond donors (Lipinski definition) is 1. The van der Waals surface area contributed by atoms with Gasteiger partial charge in [-0.25, -0.2) is 4.79 Å². The normalized spacial score (nSPS) is 19.9. The molecule has 0 amide bonds. The minimum atomic E-state index is -5.56. The molecule has 0 aromatic rings. The maximum absolute atomic E-state index is 12.8. The third-order valence-electron chi connectivity index (χ3n) is 2.37. The van der Waals surface area contributed by atoms with Gasteiger partial charge < -0.3 is 14.2 Å². The number of hydrogen-bond acceptors (Lipinski definition) is 6. The van der Waals surface area contributed by atoms with Crippen LogP contribution in [0.2, 0.25) is 0 Å². The Morgan fingerprint density at radius 3 is 2.65 bits per heavy atom. The molecule has 0 radical (unpaired) electrons. The summed E-state index contributed by atoms with van der Waals surface area (Å²) >= 11 is 0. The number of esters is 1. The molecule has 1 rings (SSSR count). The lowest BCUT2D eigenvalue weighted by molar-refractivity contribution is -0.145. The maximum Gasteiger partial charge on any atom is 0.392 e. The topological polar surface area (TPSA) is 99.1 Å². The summed E-state index contributed by atoms with van der Waals surface area (Å²) in [6.07, 6.45) is 0.110. The van der Waals surface area contributed by atoms with E-state index in [-0.39, 0.29) is 12.2 Å². The van der Waals surface area contributed by atoms with Gasteiger partial charge in [-0.1, -0.05) is 6.58 Å². The third-order valence-corrected chi connectivity index (χ3v) is 3.25. The van der Waals surface area contributed by atoms with E-state index >= 15 is 0 Å². The van der Waals surface area contributed by atoms with Gasteiger partial charge in [0.1, 0.15) is 12.7 Å². The molecule has 1 N–H and O–H groups in total. The zero-order valence-corrected chi connectivity index (χ0v) is 11.2. The standard InChI is InChI=1S/C10H14F2O7S/c1-7(9(13)19-8-2-3-17-5-8)4-18-6-10(11,12)20(14,15)16/h8H,1-6H2,(H,14,15,16). The van der Waals surface area contributed by atoms with Crippen LogP contribution in [0.25, 0.3) is 0 Å². The van der Waals surface area contributed by atoms with Gasteiger partial charge in [-0.3, -0.25) is 4.55 Å². The Morgan fingerprint density at radius 2 is 2.15 bits per heavy atom. The number of carbonyl (C=O) groups excluding carboxylic acids is 1. The Balaban J connectivity index is 2.34. The first-order valence-corrected chi connectivity index (χ1v) is 6.96. The summed E-state index contributed by atoms with van der Waals surface area (Å²) in [6.45, 7) is 1.76. The minimum absolute atomic E-state index is 0.247. The van der Waals surface area contributed by atoms with Crippen LogP contribution < -0.4 is 0 Å². The van der Waals surface area contributed by atoms with Crippen LogP contribution in [-0.2, 0) is 29.1 Å². The maximum atomic E-state index is 12.8. The second kappa shape index (κ2) is 6.57. The lowest BCUT2D eigenvalue weighted by Gasteiger charge is -2.14. The largest absolute Gasteiger partial charge is 0.456 e. The second-order valence-corrected chi connectivity index (χ2v) is 5.65. The molecule has 1 atom stereocenters. The molecule has 1 unspecified atom stereocenters. The number of ether oxygens (including phenoxy) is 3. The fourth-order valence-electron chi connectivity index (χ4n) is 1.27. The van der Waals surface area contributed by atoms with Crippen LogP contribution >= 0.6 is 0 Å². The number of halogens is 2. The zero-order valence-electron chi connectivity index (χ0n) is 10.4. The molecular weight excluding hydrogens is 302 g/mol. The molecule has 0 aromatic heterocycles. The lowest BCUT2D eigenvalue weighted by Crippen LogP contribution is -2.34. The summed E-state index contributed by atoms with van der Waals surface area (Å²) in [7, 11) is -5.56. The average Bonchev–Trinajstić information content (AvgIpc) is 2.79. The molecule has 1 saturated heterocycles. The Kier molecular flexibility index (Phi) is 5.57. The summed E-state index contributed by atoms with van der Waals surface area (Å²) in [6, 6.07) is 0. The molecule has 0 aliphatic carbocycles. The molecule has 116 valence electrons. The van der Waals surface area contributed by atoms with Crippen LogP contribution in [0.4, 0.5) is 8.78 Å². The lowest BCUT2D eigenvalue weighted by atomic mass is 10.3. The fraction of sp³-hybridized carbons (Fsp3) is 0.700. The van der Waals surface area contributed by atoms with Crippen molar-refractivity contribution in [3.05, 3.63) is 12.2 Å². The van der Waals surface area contributed by atoms with E-state index in [9.17, 15) is 22.0 Å². The van der Waals surface area contributed by atoms with E-state index in [2.05, 4.69) is 11.3 Å². The van der Waals surface area contributed by atoms with Crippen molar-refractivity contribution in [1.82, 2.24) is 0 Å². The molecule has 7 nitrogen and oxygen atoms in total. The molecule has 1 fully saturated rings. The smallest absolute Gasteiger partial charge is 0.392 e. The molecule has 1 heterocycles. The predicted octanol–water partition coefficient (Wildman–Crippen LogP) is 0.372. The SMILES string of the molecule is C=C(COCC(F)(F)S(=O)(=O)O)C(=O)OC1CCOC1. The quantitative estimate of drug-likeness (QED) is 0.411. The van der Waals surface area contributed by atoms with Gasteiger partial charge in [-0.05, 0) is 0 Å². The molecule has 20 heavy (non-hydrogen) atoms. The van der Waals surface area contributed by atoms with Gasteiger partial charge in [-0.15, -0.1) is 0 Å². The molecule has 0 saturated carbocycles. The van der Waals surface area contributed by atoms with Crippen molar-refractivity contribution in [3.8, 4) is 0 Å². The van der Waals surface area contributed by atoms with Crippen LogP contribution in [0.15, 0.2) is 12.2 Å². The van der Waals surface area contributed by atoms with Crippen molar-refractivity contribution in [2.24, 2.45) is 0 Å². The minimum Gasteiger partial charge on any atom is -0.456 e. The summed E-state index contributed by atoms with van der Waals surface area (Å²) in [4.78, 5) is 11.4. The Labute approximate surface area is 114 Å². The van der Waals surface area contributed by atoms with Gasteiger partial charge in [0.15, 0.2) is 0 Å². The van der Waals surface area contributed by atoms with Gasteiger partial charge in [0, 0.05) is 6.42 Å². The summed E-state index contributed by atoms with van der Waals surface area (Å²) in [5, 5.41) is -4.45. The Bertz CT molecular complexity index is 468. The van der Waals surface area contributed by atoms with Crippen molar-refractivity contribution in [2.45, 2.75) is 17.8 Å². The first kappa shape index (κ1) is 17.0. The zero-order chi connectivity index (χ0) is 15.4. The van der Waals surface area contributed by atoms with Crippen LogP contribution in [-0.4, -0.2) is 56.7 Å². The highest BCUT2D eigenvalue weighted by molar-refractivity contribution is 7.86. The van der Waals surface area contributed by atoms with Crippen molar-refractivity contribution in [1.29, 1.82) is 0 Å². The molecule has 0 bridgehead atoms. The van der Waals surface area contributed by atoms with Crippen molar-refractivity contribution < 1.29 is 40.8 Å². The molecule has 0 spiro atoms. The van der Waals surface area contributed by atoms with Crippen molar-refractivity contribution in [2.75, 3.05) is 26.4 Å². The van der Waals surface area contributed by atoms with Gasteiger partial charge in [-0.2, -0.15) is 17.2 Å². The van der Waals surface area contributed by atoms with E-state index in [0.29, 0.717) is 13.0 Å². The highest BCUT2D eigenvalue weighted by Crippen LogP contribution is 2.20. The van der Waals surface area contributed by atoms with Crippen molar-refractivity contribution >= 4 is 16.1 Å². The van der Waals surface area contributed by atoms with Gasteiger partial charge in [0.25, 0.3) is 0 Å². The van der Waals surface area contributed by atoms with E-state index in [1.807, 2.05) is 0 Å². The monoisotopic (exact) mass is 316 g/mol. The van der Waals surface area contributed by atoms with Crippen LogP contribution in [0, 0.1) is 0 Å². The van der Waals surface area contributed by atoms with Crippen molar-refractivity contribution in [3.63, 3.8) is 0 Å². The second-order valence-electron chi connectivity index (χ2n) is 4.10. The summed E-state index contributed by atoms with van der Waals surface area (Å²) in [5.74, 6) is -0.837. The van der Waals surface area contributed by atoms with Gasteiger partial charge in [0.05, 0.1) is 25.4 Å². The highest BCUT2D eigenvalue weighted by Gasteiger charge is 2.44. The molecule has 0 aromatic carbocycles. The number of alkyl halides is 2. The number of carbonyl (C=O) groups is 1. The van der Waals surface area contributed by atoms with Crippen LogP contribution in [0.3, 0.4) is 0 Å². The van der Waals surface area contributed by atoms with E-state index in [1.54, 1.807) is 0 Å². The van der Waals surface area contributed by atoms with Crippen LogP contribution in [0.1, 0.15) is 6.42 Å². The molecule has 1 aliphatic heterocycles. The molecular formula is C10H14F2O7S. The van der Waals surface area contributed by atoms with E-state index in [0.717, 1.165) is 0 Å². The number of rotatable bonds is 7. The fourth-order valence-corrected chi connectivity index (χ4v) is 1.50. The predicted molar refractivity (Wildman–Crippen MR) is 61.8 cm³/mol. The first-order valence-electron chi connectivity index (χ1n) is 5.52. The summed E-state index contributed by atoms with van der Waals surface area (Å²) in [5.41, 5.74) is -0.247. The summed E-state index contributed by atoms with van der Waals surface area (Å²) < 4.78 is 68.6. The molecule has 1 aliphatic rings. The molecule has 10 heteroatoms. The Morgan fingerprint density at radius 1 is 1.50 bits per heavy atom. The highest BCUT2D eigenvalue weighted by atomic mass is 32.2. The van der Waals surface area contributed by atoms with E-state index < -0.39 is 40.7 Å². The van der Waals surface area contributed by atoms with Gasteiger partial charge in [0.2, 0.25) is 0 Å². The average molecular weight is 316 g/mol.